The molecule has 0 spiro atoms. The Morgan fingerprint density at radius 3 is 2.45 bits per heavy atom. The molecule has 2 amide bonds. The van der Waals surface area contributed by atoms with E-state index in [-0.39, 0.29) is 12.5 Å². The minimum atomic E-state index is -0.882. The highest BCUT2D eigenvalue weighted by Gasteiger charge is 2.20. The monoisotopic (exact) mass is 321 g/mol. The summed E-state index contributed by atoms with van der Waals surface area (Å²) in [7, 11) is 0. The van der Waals surface area contributed by atoms with Gasteiger partial charge in [0, 0.05) is 12.4 Å². The van der Waals surface area contributed by atoms with E-state index >= 15 is 0 Å². The number of ether oxygens (including phenoxy) is 1. The molecule has 1 aromatic heterocycles. The molecule has 0 aliphatic heterocycles. The number of rotatable bonds is 6. The van der Waals surface area contributed by atoms with Gasteiger partial charge >= 0.3 is 6.09 Å². The topological polar surface area (TPSA) is 72.4 Å². The van der Waals surface area contributed by atoms with Gasteiger partial charge in [0.1, 0.15) is 12.6 Å². The van der Waals surface area contributed by atoms with Crippen LogP contribution in [0.15, 0.2) is 54.9 Å². The highest BCUT2D eigenvalue weighted by atomic mass is 35.5. The van der Waals surface area contributed by atoms with E-state index in [0.29, 0.717) is 0 Å². The Balaban J connectivity index is 1.81. The summed E-state index contributed by atoms with van der Waals surface area (Å²) < 4.78 is 6.52. The van der Waals surface area contributed by atoms with Gasteiger partial charge in [0.2, 0.25) is 0 Å². The summed E-state index contributed by atoms with van der Waals surface area (Å²) >= 11 is 5.72. The maximum atomic E-state index is 12.0. The molecule has 116 valence electrons. The molecular weight excluding hydrogens is 306 g/mol. The molecule has 0 aliphatic rings. The van der Waals surface area contributed by atoms with Gasteiger partial charge < -0.3 is 10.1 Å². The second-order valence-corrected chi connectivity index (χ2v) is 4.79. The third-order valence-electron chi connectivity index (χ3n) is 2.82. The normalized spacial score (nSPS) is 11.5. The molecule has 22 heavy (non-hydrogen) atoms. The molecule has 2 N–H and O–H groups in total. The quantitative estimate of drug-likeness (QED) is 0.800. The van der Waals surface area contributed by atoms with Crippen LogP contribution in [-0.2, 0) is 16.1 Å². The maximum Gasteiger partial charge on any atom is 0.408 e. The summed E-state index contributed by atoms with van der Waals surface area (Å²) in [6.45, 7) is 0.126. The zero-order chi connectivity index (χ0) is 15.8. The van der Waals surface area contributed by atoms with Gasteiger partial charge in [0.05, 0.1) is 5.88 Å². The number of halogens is 1. The highest BCUT2D eigenvalue weighted by molar-refractivity contribution is 6.20. The molecule has 0 fully saturated rings. The van der Waals surface area contributed by atoms with Crippen molar-refractivity contribution < 1.29 is 14.3 Å². The highest BCUT2D eigenvalue weighted by Crippen LogP contribution is 2.01. The zero-order valence-electron chi connectivity index (χ0n) is 11.7. The summed E-state index contributed by atoms with van der Waals surface area (Å²) in [5.41, 5.74) is 3.43. The standard InChI is InChI=1S/C15H16ClN3O3/c16-10-13(14(20)18-19-8-4-5-9-19)17-15(21)22-11-12-6-2-1-3-7-12/h1-9,13H,10-11H2,(H,17,21)(H,18,20)/t13-/m0/s1. The van der Waals surface area contributed by atoms with Crippen LogP contribution >= 0.6 is 11.6 Å². The van der Waals surface area contributed by atoms with Crippen LogP contribution in [0, 0.1) is 0 Å². The summed E-state index contributed by atoms with van der Waals surface area (Å²) in [6.07, 6.45) is 2.63. The van der Waals surface area contributed by atoms with E-state index < -0.39 is 18.0 Å². The first-order chi connectivity index (χ1) is 10.7. The predicted molar refractivity (Wildman–Crippen MR) is 83.1 cm³/mol. The van der Waals surface area contributed by atoms with Crippen LogP contribution in [0.25, 0.3) is 0 Å². The van der Waals surface area contributed by atoms with E-state index in [1.807, 2.05) is 30.3 Å². The predicted octanol–water partition coefficient (Wildman–Crippen LogP) is 2.09. The van der Waals surface area contributed by atoms with Crippen molar-refractivity contribution in [2.45, 2.75) is 12.6 Å². The van der Waals surface area contributed by atoms with Crippen LogP contribution in [0.4, 0.5) is 4.79 Å². The Morgan fingerprint density at radius 1 is 1.14 bits per heavy atom. The number of amides is 2. The third kappa shape index (κ3) is 4.82. The SMILES string of the molecule is O=C(N[C@@H](CCl)C(=O)Nn1cccc1)OCc1ccccc1. The minimum Gasteiger partial charge on any atom is -0.445 e. The lowest BCUT2D eigenvalue weighted by molar-refractivity contribution is -0.118. The molecule has 1 atom stereocenters. The average molecular weight is 322 g/mol. The van der Waals surface area contributed by atoms with E-state index in [0.717, 1.165) is 5.56 Å². The van der Waals surface area contributed by atoms with E-state index in [4.69, 9.17) is 16.3 Å². The number of carbonyl (C=O) groups excluding carboxylic acids is 2. The van der Waals surface area contributed by atoms with Crippen molar-refractivity contribution in [1.82, 2.24) is 9.99 Å². The minimum absolute atomic E-state index is 0.0620. The molecule has 2 rings (SSSR count). The Morgan fingerprint density at radius 2 is 1.82 bits per heavy atom. The molecular formula is C15H16ClN3O3. The first-order valence-electron chi connectivity index (χ1n) is 6.66. The van der Waals surface area contributed by atoms with Crippen molar-refractivity contribution in [2.24, 2.45) is 0 Å². The number of carbonyl (C=O) groups is 2. The zero-order valence-corrected chi connectivity index (χ0v) is 12.5. The number of alkyl halides is 1. The van der Waals surface area contributed by atoms with Crippen molar-refractivity contribution in [1.29, 1.82) is 0 Å². The van der Waals surface area contributed by atoms with Gasteiger partial charge in [-0.2, -0.15) is 0 Å². The Labute approximate surface area is 133 Å². The lowest BCUT2D eigenvalue weighted by Crippen LogP contribution is -2.46. The number of hydrogen-bond acceptors (Lipinski definition) is 3. The molecule has 0 bridgehead atoms. The maximum absolute atomic E-state index is 12.0. The molecule has 1 aromatic carbocycles. The fraction of sp³-hybridized carbons (Fsp3) is 0.200. The lowest BCUT2D eigenvalue weighted by Gasteiger charge is -2.16. The van der Waals surface area contributed by atoms with E-state index in [1.165, 1.54) is 4.68 Å². The van der Waals surface area contributed by atoms with E-state index in [9.17, 15) is 9.59 Å². The molecule has 0 radical (unpaired) electrons. The second-order valence-electron chi connectivity index (χ2n) is 4.48. The summed E-state index contributed by atoms with van der Waals surface area (Å²) in [5, 5.41) is 2.43. The first kappa shape index (κ1) is 15.9. The number of aromatic nitrogens is 1. The summed E-state index contributed by atoms with van der Waals surface area (Å²) in [5.74, 6) is -0.490. The van der Waals surface area contributed by atoms with Gasteiger partial charge in [-0.25, -0.2) is 4.79 Å². The van der Waals surface area contributed by atoms with Crippen molar-refractivity contribution >= 4 is 23.6 Å². The van der Waals surface area contributed by atoms with Gasteiger partial charge in [-0.3, -0.25) is 14.9 Å². The van der Waals surface area contributed by atoms with Crippen molar-refractivity contribution in [3.8, 4) is 0 Å². The van der Waals surface area contributed by atoms with Crippen LogP contribution in [0.5, 0.6) is 0 Å². The van der Waals surface area contributed by atoms with Gasteiger partial charge in [0.25, 0.3) is 5.91 Å². The first-order valence-corrected chi connectivity index (χ1v) is 7.19. The molecule has 6 nitrogen and oxygen atoms in total. The fourth-order valence-electron chi connectivity index (χ4n) is 1.70. The van der Waals surface area contributed by atoms with Gasteiger partial charge in [0.15, 0.2) is 0 Å². The Bertz CT molecular complexity index is 602. The van der Waals surface area contributed by atoms with E-state index in [2.05, 4.69) is 10.7 Å². The number of nitrogens with zero attached hydrogens (tertiary/aromatic N) is 1. The molecule has 0 unspecified atom stereocenters. The summed E-state index contributed by atoms with van der Waals surface area (Å²) in [4.78, 5) is 23.7. The van der Waals surface area contributed by atoms with E-state index in [1.54, 1.807) is 24.5 Å². The number of hydrogen-bond donors (Lipinski definition) is 2. The largest absolute Gasteiger partial charge is 0.445 e. The average Bonchev–Trinajstić information content (AvgIpc) is 3.04. The molecule has 1 heterocycles. The van der Waals surface area contributed by atoms with Crippen molar-refractivity contribution in [3.05, 3.63) is 60.4 Å². The van der Waals surface area contributed by atoms with Crippen LogP contribution in [0.2, 0.25) is 0 Å². The molecule has 0 saturated carbocycles. The van der Waals surface area contributed by atoms with Crippen molar-refractivity contribution in [3.63, 3.8) is 0 Å². The van der Waals surface area contributed by atoms with Crippen molar-refractivity contribution in [2.75, 3.05) is 11.3 Å². The molecule has 2 aromatic rings. The number of benzene rings is 1. The van der Waals surface area contributed by atoms with Crippen LogP contribution < -0.4 is 10.7 Å². The third-order valence-corrected chi connectivity index (χ3v) is 3.13. The Hall–Kier alpha value is -2.47. The fourth-order valence-corrected chi connectivity index (χ4v) is 1.91. The molecule has 0 saturated heterocycles. The van der Waals surface area contributed by atoms with Gasteiger partial charge in [-0.1, -0.05) is 30.3 Å². The smallest absolute Gasteiger partial charge is 0.408 e. The lowest BCUT2D eigenvalue weighted by atomic mass is 10.2. The number of alkyl carbamates (subject to hydrolysis) is 1. The van der Waals surface area contributed by atoms with Crippen LogP contribution in [0.1, 0.15) is 5.56 Å². The van der Waals surface area contributed by atoms with Crippen LogP contribution in [0.3, 0.4) is 0 Å². The Kier molecular flexibility index (Phi) is 5.85. The van der Waals surface area contributed by atoms with Gasteiger partial charge in [-0.15, -0.1) is 11.6 Å². The molecule has 7 heteroatoms. The summed E-state index contributed by atoms with van der Waals surface area (Å²) in [6, 6.07) is 11.9. The second kappa shape index (κ2) is 8.09. The molecule has 0 aliphatic carbocycles. The van der Waals surface area contributed by atoms with Crippen LogP contribution in [-0.4, -0.2) is 28.6 Å². The number of nitrogens with one attached hydrogen (secondary N) is 2. The van der Waals surface area contributed by atoms with Gasteiger partial charge in [-0.05, 0) is 17.7 Å².